The molecule has 21 heavy (non-hydrogen) atoms. The van der Waals surface area contributed by atoms with E-state index in [0.717, 1.165) is 6.07 Å². The van der Waals surface area contributed by atoms with Crippen LogP contribution < -0.4 is 4.90 Å². The van der Waals surface area contributed by atoms with E-state index in [0.29, 0.717) is 38.4 Å². The van der Waals surface area contributed by atoms with Crippen molar-refractivity contribution in [2.75, 3.05) is 37.6 Å². The van der Waals surface area contributed by atoms with Crippen LogP contribution in [-0.4, -0.2) is 37.6 Å². The first kappa shape index (κ1) is 15.1. The molecule has 0 atom stereocenters. The van der Waals surface area contributed by atoms with Crippen LogP contribution in [0.4, 0.5) is 18.9 Å². The molecule has 0 N–H and O–H groups in total. The Labute approximate surface area is 120 Å². The van der Waals surface area contributed by atoms with Gasteiger partial charge in [-0.25, -0.2) is 0 Å². The van der Waals surface area contributed by atoms with Crippen LogP contribution in [0.1, 0.15) is 11.1 Å². The Morgan fingerprint density at radius 3 is 2.29 bits per heavy atom. The Bertz CT molecular complexity index is 590. The maximum atomic E-state index is 12.9. The lowest BCUT2D eigenvalue weighted by Gasteiger charge is -2.35. The fourth-order valence-corrected chi connectivity index (χ4v) is 2.33. The number of hydrogen-bond acceptors (Lipinski definition) is 4. The van der Waals surface area contributed by atoms with E-state index >= 15 is 0 Å². The third kappa shape index (κ3) is 3.45. The van der Waals surface area contributed by atoms with Gasteiger partial charge in [0.15, 0.2) is 0 Å². The number of halogens is 3. The van der Waals surface area contributed by atoms with E-state index in [1.165, 1.54) is 12.1 Å². The van der Waals surface area contributed by atoms with Crippen LogP contribution in [0.15, 0.2) is 18.2 Å². The van der Waals surface area contributed by atoms with Gasteiger partial charge in [-0.05, 0) is 18.2 Å². The number of rotatable bonds is 2. The summed E-state index contributed by atoms with van der Waals surface area (Å²) in [4.78, 5) is 3.79. The van der Waals surface area contributed by atoms with Crippen molar-refractivity contribution in [3.05, 3.63) is 29.3 Å². The fraction of sp³-hybridized carbons (Fsp3) is 0.429. The van der Waals surface area contributed by atoms with Crippen LogP contribution in [0.2, 0.25) is 0 Å². The highest BCUT2D eigenvalue weighted by atomic mass is 19.4. The first-order valence-corrected chi connectivity index (χ1v) is 6.41. The first-order chi connectivity index (χ1) is 9.95. The molecule has 0 radical (unpaired) electrons. The molecule has 1 heterocycles. The summed E-state index contributed by atoms with van der Waals surface area (Å²) < 4.78 is 38.8. The standard InChI is InChI=1S/C14H13F3N4/c15-14(16,17)13-9-12(2-1-11(13)10-19)21-7-5-20(4-3-18)6-8-21/h1-2,9H,4-8H2. The van der Waals surface area contributed by atoms with Crippen LogP contribution in [0.25, 0.3) is 0 Å². The Morgan fingerprint density at radius 1 is 1.10 bits per heavy atom. The van der Waals surface area contributed by atoms with E-state index in [4.69, 9.17) is 10.5 Å². The quantitative estimate of drug-likeness (QED) is 0.785. The van der Waals surface area contributed by atoms with Gasteiger partial charge in [0.2, 0.25) is 0 Å². The van der Waals surface area contributed by atoms with Crippen molar-refractivity contribution < 1.29 is 13.2 Å². The third-order valence-corrected chi connectivity index (χ3v) is 3.46. The number of anilines is 1. The average Bonchev–Trinajstić information content (AvgIpc) is 2.47. The number of nitrogens with zero attached hydrogens (tertiary/aromatic N) is 4. The molecule has 0 bridgehead atoms. The summed E-state index contributed by atoms with van der Waals surface area (Å²) in [6.45, 7) is 2.72. The summed E-state index contributed by atoms with van der Waals surface area (Å²) in [5.74, 6) is 0. The van der Waals surface area contributed by atoms with Crippen LogP contribution in [0, 0.1) is 22.7 Å². The SMILES string of the molecule is N#CCN1CCN(c2ccc(C#N)c(C(F)(F)F)c2)CC1. The first-order valence-electron chi connectivity index (χ1n) is 6.41. The zero-order valence-corrected chi connectivity index (χ0v) is 11.2. The molecular weight excluding hydrogens is 281 g/mol. The summed E-state index contributed by atoms with van der Waals surface area (Å²) in [5, 5.41) is 17.4. The summed E-state index contributed by atoms with van der Waals surface area (Å²) in [7, 11) is 0. The Kier molecular flexibility index (Phi) is 4.35. The number of benzene rings is 1. The lowest BCUT2D eigenvalue weighted by Crippen LogP contribution is -2.46. The van der Waals surface area contributed by atoms with Gasteiger partial charge in [-0.15, -0.1) is 0 Å². The molecule has 1 aliphatic rings. The molecule has 0 saturated carbocycles. The summed E-state index contributed by atoms with van der Waals surface area (Å²) in [5.41, 5.74) is -0.811. The van der Waals surface area contributed by atoms with E-state index in [1.54, 1.807) is 6.07 Å². The number of hydrogen-bond donors (Lipinski definition) is 0. The summed E-state index contributed by atoms with van der Waals surface area (Å²) >= 11 is 0. The predicted molar refractivity (Wildman–Crippen MR) is 70.4 cm³/mol. The second kappa shape index (κ2) is 6.02. The van der Waals surface area contributed by atoms with Crippen molar-refractivity contribution in [3.63, 3.8) is 0 Å². The Balaban J connectivity index is 2.19. The molecule has 0 aliphatic carbocycles. The Hall–Kier alpha value is -2.25. The Morgan fingerprint density at radius 2 is 1.76 bits per heavy atom. The summed E-state index contributed by atoms with van der Waals surface area (Å²) in [6.07, 6.45) is -4.54. The van der Waals surface area contributed by atoms with Crippen molar-refractivity contribution in [1.29, 1.82) is 10.5 Å². The third-order valence-electron chi connectivity index (χ3n) is 3.46. The van der Waals surface area contributed by atoms with Gasteiger partial charge in [-0.2, -0.15) is 23.7 Å². The highest BCUT2D eigenvalue weighted by Crippen LogP contribution is 2.34. The van der Waals surface area contributed by atoms with Gasteiger partial charge in [0.1, 0.15) is 0 Å². The van der Waals surface area contributed by atoms with E-state index < -0.39 is 11.7 Å². The van der Waals surface area contributed by atoms with Gasteiger partial charge in [-0.1, -0.05) is 0 Å². The molecule has 0 spiro atoms. The van der Waals surface area contributed by atoms with Crippen LogP contribution in [0.5, 0.6) is 0 Å². The molecule has 4 nitrogen and oxygen atoms in total. The zero-order valence-electron chi connectivity index (χ0n) is 11.2. The average molecular weight is 294 g/mol. The second-order valence-electron chi connectivity index (χ2n) is 4.76. The molecule has 2 rings (SSSR count). The van der Waals surface area contributed by atoms with Gasteiger partial charge < -0.3 is 4.90 Å². The van der Waals surface area contributed by atoms with Gasteiger partial charge >= 0.3 is 6.18 Å². The molecule has 1 aliphatic heterocycles. The van der Waals surface area contributed by atoms with Crippen molar-refractivity contribution in [2.24, 2.45) is 0 Å². The minimum Gasteiger partial charge on any atom is -0.369 e. The highest BCUT2D eigenvalue weighted by molar-refractivity contribution is 5.55. The van der Waals surface area contributed by atoms with Gasteiger partial charge in [0.05, 0.1) is 29.8 Å². The molecule has 7 heteroatoms. The molecule has 1 fully saturated rings. The van der Waals surface area contributed by atoms with Crippen LogP contribution >= 0.6 is 0 Å². The van der Waals surface area contributed by atoms with E-state index in [2.05, 4.69) is 6.07 Å². The zero-order chi connectivity index (χ0) is 15.5. The number of alkyl halides is 3. The smallest absolute Gasteiger partial charge is 0.369 e. The minimum absolute atomic E-state index is 0.328. The minimum atomic E-state index is -4.54. The fourth-order valence-electron chi connectivity index (χ4n) is 2.33. The monoisotopic (exact) mass is 294 g/mol. The maximum Gasteiger partial charge on any atom is 0.417 e. The molecule has 1 saturated heterocycles. The number of nitriles is 2. The van der Waals surface area contributed by atoms with E-state index in [9.17, 15) is 13.2 Å². The van der Waals surface area contributed by atoms with Crippen molar-refractivity contribution in [1.82, 2.24) is 4.90 Å². The molecule has 1 aromatic carbocycles. The molecule has 0 amide bonds. The molecular formula is C14H13F3N4. The second-order valence-corrected chi connectivity index (χ2v) is 4.76. The van der Waals surface area contributed by atoms with Gasteiger partial charge in [0.25, 0.3) is 0 Å². The van der Waals surface area contributed by atoms with Crippen molar-refractivity contribution in [3.8, 4) is 12.1 Å². The van der Waals surface area contributed by atoms with Crippen molar-refractivity contribution in [2.45, 2.75) is 6.18 Å². The van der Waals surface area contributed by atoms with Gasteiger partial charge in [0, 0.05) is 31.9 Å². The largest absolute Gasteiger partial charge is 0.417 e. The van der Waals surface area contributed by atoms with E-state index in [-0.39, 0.29) is 5.56 Å². The number of piperazine rings is 1. The normalized spacial score (nSPS) is 16.3. The maximum absolute atomic E-state index is 12.9. The van der Waals surface area contributed by atoms with Crippen LogP contribution in [0.3, 0.4) is 0 Å². The molecule has 1 aromatic rings. The van der Waals surface area contributed by atoms with Crippen molar-refractivity contribution >= 4 is 5.69 Å². The lowest BCUT2D eigenvalue weighted by molar-refractivity contribution is -0.137. The summed E-state index contributed by atoms with van der Waals surface area (Å²) in [6, 6.07) is 7.40. The molecule has 110 valence electrons. The topological polar surface area (TPSA) is 54.1 Å². The molecule has 0 aromatic heterocycles. The highest BCUT2D eigenvalue weighted by Gasteiger charge is 2.34. The van der Waals surface area contributed by atoms with Gasteiger partial charge in [-0.3, -0.25) is 4.90 Å². The van der Waals surface area contributed by atoms with E-state index in [1.807, 2.05) is 9.80 Å². The van der Waals surface area contributed by atoms with Crippen LogP contribution in [-0.2, 0) is 6.18 Å². The molecule has 0 unspecified atom stereocenters. The predicted octanol–water partition coefficient (Wildman–Crippen LogP) is 2.22. The lowest BCUT2D eigenvalue weighted by atomic mass is 10.1.